The number of anilines is 2. The molecule has 0 atom stereocenters. The number of aryl methyl sites for hydroxylation is 2. The van der Waals surface area contributed by atoms with Crippen molar-refractivity contribution in [3.05, 3.63) is 28.3 Å². The Labute approximate surface area is 152 Å². The van der Waals surface area contributed by atoms with Gasteiger partial charge in [-0.2, -0.15) is 4.98 Å². The zero-order valence-corrected chi connectivity index (χ0v) is 15.6. The van der Waals surface area contributed by atoms with Crippen molar-refractivity contribution >= 4 is 21.7 Å². The molecule has 0 radical (unpaired) electrons. The molecule has 0 fully saturated rings. The molecule has 2 aliphatic carbocycles. The number of aromatic amines is 1. The molecule has 1 aromatic carbocycles. The van der Waals surface area contributed by atoms with Crippen molar-refractivity contribution in [2.75, 3.05) is 25.6 Å². The number of nitrogens with zero attached hydrogens (tertiary/aromatic N) is 2. The molecule has 26 heavy (non-hydrogen) atoms. The van der Waals surface area contributed by atoms with Crippen LogP contribution in [-0.4, -0.2) is 43.9 Å². The van der Waals surface area contributed by atoms with E-state index >= 15 is 0 Å². The van der Waals surface area contributed by atoms with Gasteiger partial charge in [-0.05, 0) is 60.8 Å². The number of nitrogens with one attached hydrogen (secondary N) is 3. The summed E-state index contributed by atoms with van der Waals surface area (Å²) < 4.78 is 31.7. The van der Waals surface area contributed by atoms with Gasteiger partial charge in [0.25, 0.3) is 15.2 Å². The van der Waals surface area contributed by atoms with Gasteiger partial charge in [0.2, 0.25) is 5.95 Å². The van der Waals surface area contributed by atoms with Crippen molar-refractivity contribution < 1.29 is 13.2 Å². The molecule has 2 aromatic rings. The second-order valence-corrected chi connectivity index (χ2v) is 8.40. The third-order valence-corrected chi connectivity index (χ3v) is 6.30. The van der Waals surface area contributed by atoms with Gasteiger partial charge >= 0.3 is 0 Å². The van der Waals surface area contributed by atoms with E-state index in [1.807, 2.05) is 0 Å². The van der Waals surface area contributed by atoms with Gasteiger partial charge in [-0.15, -0.1) is 5.10 Å². The normalized spacial score (nSPS) is 15.9. The summed E-state index contributed by atoms with van der Waals surface area (Å²) in [6, 6.07) is 2.35. The van der Waals surface area contributed by atoms with Crippen molar-refractivity contribution in [3.63, 3.8) is 0 Å². The molecule has 4 rings (SSSR count). The maximum Gasteiger partial charge on any atom is 0.275 e. The fraction of sp³-hybridized carbons (Fsp3) is 0.529. The molecule has 0 saturated heterocycles. The largest absolute Gasteiger partial charge is 0.383 e. The van der Waals surface area contributed by atoms with Gasteiger partial charge < -0.3 is 10.1 Å². The molecule has 8 nitrogen and oxygen atoms in total. The highest BCUT2D eigenvalue weighted by Crippen LogP contribution is 2.39. The van der Waals surface area contributed by atoms with E-state index in [4.69, 9.17) is 4.74 Å². The van der Waals surface area contributed by atoms with Crippen molar-refractivity contribution in [2.45, 2.75) is 43.7 Å². The molecule has 0 spiro atoms. The van der Waals surface area contributed by atoms with Gasteiger partial charge in [0.1, 0.15) is 0 Å². The van der Waals surface area contributed by atoms with Crippen LogP contribution in [0.15, 0.2) is 11.2 Å². The third kappa shape index (κ3) is 3.22. The summed E-state index contributed by atoms with van der Waals surface area (Å²) in [7, 11) is -2.21. The van der Waals surface area contributed by atoms with Crippen molar-refractivity contribution in [2.24, 2.45) is 0 Å². The van der Waals surface area contributed by atoms with E-state index in [-0.39, 0.29) is 17.6 Å². The van der Waals surface area contributed by atoms with E-state index in [0.29, 0.717) is 6.61 Å². The Bertz CT molecular complexity index is 890. The fourth-order valence-electron chi connectivity index (χ4n) is 3.85. The van der Waals surface area contributed by atoms with E-state index in [9.17, 15) is 8.42 Å². The van der Waals surface area contributed by atoms with Crippen LogP contribution in [0.4, 0.5) is 11.6 Å². The van der Waals surface area contributed by atoms with Gasteiger partial charge in [-0.25, -0.2) is 18.2 Å². The zero-order chi connectivity index (χ0) is 18.1. The molecule has 3 N–H and O–H groups in total. The zero-order valence-electron chi connectivity index (χ0n) is 14.8. The average Bonchev–Trinajstić information content (AvgIpc) is 3.34. The predicted molar refractivity (Wildman–Crippen MR) is 97.2 cm³/mol. The van der Waals surface area contributed by atoms with Crippen LogP contribution in [0.1, 0.15) is 35.1 Å². The number of methoxy groups -OCH3 is 1. The lowest BCUT2D eigenvalue weighted by Crippen LogP contribution is -2.28. The minimum Gasteiger partial charge on any atom is -0.383 e. The number of H-pyrrole nitrogens is 1. The van der Waals surface area contributed by atoms with Crippen LogP contribution in [0.2, 0.25) is 0 Å². The van der Waals surface area contributed by atoms with Crippen LogP contribution < -0.4 is 10.0 Å². The molecular formula is C17H23N5O3S. The quantitative estimate of drug-likeness (QED) is 0.630. The van der Waals surface area contributed by atoms with Gasteiger partial charge in [0, 0.05) is 19.3 Å². The van der Waals surface area contributed by atoms with Gasteiger partial charge in [-0.3, -0.25) is 0 Å². The maximum absolute atomic E-state index is 12.2. The SMILES string of the molecule is COCCNS(=O)(=O)c1nc(Nc2c3c(cc4c2CCC4)CCC3)n[nH]1. The van der Waals surface area contributed by atoms with Crippen LogP contribution in [-0.2, 0) is 40.4 Å². The van der Waals surface area contributed by atoms with E-state index in [2.05, 4.69) is 31.3 Å². The van der Waals surface area contributed by atoms with Crippen molar-refractivity contribution in [1.29, 1.82) is 0 Å². The smallest absolute Gasteiger partial charge is 0.275 e. The second-order valence-electron chi connectivity index (χ2n) is 6.71. The number of rotatable bonds is 7. The van der Waals surface area contributed by atoms with Gasteiger partial charge in [0.05, 0.1) is 6.61 Å². The number of aromatic nitrogens is 3. The van der Waals surface area contributed by atoms with E-state index in [0.717, 1.165) is 44.2 Å². The topological polar surface area (TPSA) is 109 Å². The van der Waals surface area contributed by atoms with Gasteiger partial charge in [-0.1, -0.05) is 6.07 Å². The molecular weight excluding hydrogens is 354 g/mol. The minimum atomic E-state index is -3.73. The van der Waals surface area contributed by atoms with E-state index in [1.165, 1.54) is 29.4 Å². The Morgan fingerprint density at radius 3 is 2.50 bits per heavy atom. The Balaban J connectivity index is 1.59. The van der Waals surface area contributed by atoms with Crippen LogP contribution in [0.3, 0.4) is 0 Å². The monoisotopic (exact) mass is 377 g/mol. The Morgan fingerprint density at radius 1 is 1.15 bits per heavy atom. The maximum atomic E-state index is 12.2. The summed E-state index contributed by atoms with van der Waals surface area (Å²) in [5.74, 6) is 0.284. The summed E-state index contributed by atoms with van der Waals surface area (Å²) >= 11 is 0. The molecule has 0 bridgehead atoms. The summed E-state index contributed by atoms with van der Waals surface area (Å²) in [5.41, 5.74) is 6.55. The van der Waals surface area contributed by atoms with Crippen molar-refractivity contribution in [1.82, 2.24) is 19.9 Å². The van der Waals surface area contributed by atoms with E-state index < -0.39 is 10.0 Å². The highest BCUT2D eigenvalue weighted by molar-refractivity contribution is 7.89. The first-order chi connectivity index (χ1) is 12.6. The van der Waals surface area contributed by atoms with E-state index in [1.54, 1.807) is 0 Å². The molecule has 140 valence electrons. The fourth-order valence-corrected chi connectivity index (χ4v) is 4.71. The molecule has 0 saturated carbocycles. The number of ether oxygens (including phenoxy) is 1. The Hall–Kier alpha value is -1.97. The predicted octanol–water partition coefficient (Wildman–Crippen LogP) is 1.45. The Kier molecular flexibility index (Phi) is 4.68. The number of benzene rings is 1. The molecule has 0 amide bonds. The average molecular weight is 377 g/mol. The standard InChI is InChI=1S/C17H23N5O3S/c1-25-9-8-18-26(23,24)17-20-16(21-22-17)19-15-13-6-2-4-11(13)10-12-5-3-7-14(12)15/h10,18H,2-9H2,1H3,(H2,19,20,21,22). The van der Waals surface area contributed by atoms with Crippen LogP contribution >= 0.6 is 0 Å². The highest BCUT2D eigenvalue weighted by atomic mass is 32.2. The van der Waals surface area contributed by atoms with Crippen LogP contribution in [0, 0.1) is 0 Å². The number of hydrogen-bond acceptors (Lipinski definition) is 6. The lowest BCUT2D eigenvalue weighted by atomic mass is 9.99. The molecule has 0 unspecified atom stereocenters. The third-order valence-electron chi connectivity index (χ3n) is 5.03. The lowest BCUT2D eigenvalue weighted by molar-refractivity contribution is 0.204. The molecule has 1 heterocycles. The molecule has 0 aliphatic heterocycles. The highest BCUT2D eigenvalue weighted by Gasteiger charge is 2.25. The molecule has 1 aromatic heterocycles. The second kappa shape index (κ2) is 6.98. The molecule has 2 aliphatic rings. The minimum absolute atomic E-state index is 0.183. The summed E-state index contributed by atoms with van der Waals surface area (Å²) in [5, 5.41) is 9.67. The van der Waals surface area contributed by atoms with Crippen LogP contribution in [0.5, 0.6) is 0 Å². The number of fused-ring (bicyclic) bond motifs is 2. The number of hydrogen-bond donors (Lipinski definition) is 3. The summed E-state index contributed by atoms with van der Waals surface area (Å²) in [6.07, 6.45) is 6.61. The van der Waals surface area contributed by atoms with Gasteiger partial charge in [0.15, 0.2) is 0 Å². The molecule has 9 heteroatoms. The first-order valence-electron chi connectivity index (χ1n) is 8.93. The first-order valence-corrected chi connectivity index (χ1v) is 10.4. The Morgan fingerprint density at radius 2 is 1.85 bits per heavy atom. The summed E-state index contributed by atoms with van der Waals surface area (Å²) in [4.78, 5) is 4.14. The van der Waals surface area contributed by atoms with Crippen molar-refractivity contribution in [3.8, 4) is 0 Å². The summed E-state index contributed by atoms with van der Waals surface area (Å²) in [6.45, 7) is 0.475. The first kappa shape index (κ1) is 17.4. The van der Waals surface area contributed by atoms with Crippen LogP contribution in [0.25, 0.3) is 0 Å². The number of sulfonamides is 1. The lowest BCUT2D eigenvalue weighted by Gasteiger charge is -2.15.